The van der Waals surface area contributed by atoms with Crippen molar-refractivity contribution < 1.29 is 9.53 Å². The number of amides is 1. The monoisotopic (exact) mass is 205 g/mol. The Morgan fingerprint density at radius 1 is 1.07 bits per heavy atom. The summed E-state index contributed by atoms with van der Waals surface area (Å²) >= 11 is 0. The van der Waals surface area contributed by atoms with Crippen LogP contribution in [-0.2, 0) is 0 Å². The summed E-state index contributed by atoms with van der Waals surface area (Å²) in [5.41, 5.74) is 0. The molecule has 15 heavy (non-hydrogen) atoms. The summed E-state index contributed by atoms with van der Waals surface area (Å²) in [4.78, 5) is 13.4. The number of para-hydroxylation sites is 1. The van der Waals surface area contributed by atoms with Crippen molar-refractivity contribution in [3.63, 3.8) is 0 Å². The molecule has 1 heterocycles. The van der Waals surface area contributed by atoms with Crippen molar-refractivity contribution in [1.82, 2.24) is 4.90 Å². The molecule has 0 radical (unpaired) electrons. The van der Waals surface area contributed by atoms with Crippen molar-refractivity contribution in [3.8, 4) is 5.75 Å². The van der Waals surface area contributed by atoms with Crippen LogP contribution in [0.1, 0.15) is 19.3 Å². The van der Waals surface area contributed by atoms with Gasteiger partial charge in [0.05, 0.1) is 0 Å². The Kier molecular flexibility index (Phi) is 3.22. The maximum Gasteiger partial charge on any atom is 0.415 e. The van der Waals surface area contributed by atoms with Crippen LogP contribution >= 0.6 is 0 Å². The number of rotatable bonds is 1. The molecule has 0 saturated carbocycles. The number of ether oxygens (including phenoxy) is 1. The maximum absolute atomic E-state index is 11.7. The lowest BCUT2D eigenvalue weighted by Gasteiger charge is -2.25. The molecule has 1 saturated heterocycles. The van der Waals surface area contributed by atoms with Crippen molar-refractivity contribution in [2.75, 3.05) is 13.1 Å². The van der Waals surface area contributed by atoms with Crippen LogP contribution < -0.4 is 4.74 Å². The maximum atomic E-state index is 11.7. The highest BCUT2D eigenvalue weighted by Crippen LogP contribution is 2.13. The molecule has 0 aliphatic carbocycles. The molecule has 1 aliphatic rings. The SMILES string of the molecule is O=C(Oc1ccccc1)N1CCCCC1. The van der Waals surface area contributed by atoms with Crippen LogP contribution in [0.25, 0.3) is 0 Å². The first-order chi connectivity index (χ1) is 7.36. The first-order valence-corrected chi connectivity index (χ1v) is 5.38. The minimum absolute atomic E-state index is 0.221. The fourth-order valence-corrected chi connectivity index (χ4v) is 1.73. The van der Waals surface area contributed by atoms with Crippen LogP contribution in [0.4, 0.5) is 4.79 Å². The zero-order valence-electron chi connectivity index (χ0n) is 8.69. The van der Waals surface area contributed by atoms with Gasteiger partial charge in [0.2, 0.25) is 0 Å². The largest absolute Gasteiger partial charge is 0.415 e. The first-order valence-electron chi connectivity index (χ1n) is 5.38. The van der Waals surface area contributed by atoms with Gasteiger partial charge in [-0.3, -0.25) is 0 Å². The minimum atomic E-state index is -0.221. The Morgan fingerprint density at radius 3 is 2.40 bits per heavy atom. The van der Waals surface area contributed by atoms with E-state index < -0.39 is 0 Å². The van der Waals surface area contributed by atoms with E-state index in [0.717, 1.165) is 25.9 Å². The van der Waals surface area contributed by atoms with Gasteiger partial charge in [-0.25, -0.2) is 4.79 Å². The number of benzene rings is 1. The number of carbonyl (C=O) groups is 1. The molecule has 1 aromatic carbocycles. The Balaban J connectivity index is 1.91. The lowest BCUT2D eigenvalue weighted by Crippen LogP contribution is -2.37. The molecule has 0 spiro atoms. The van der Waals surface area contributed by atoms with Gasteiger partial charge in [0, 0.05) is 13.1 Å². The van der Waals surface area contributed by atoms with Gasteiger partial charge < -0.3 is 9.64 Å². The van der Waals surface area contributed by atoms with Gasteiger partial charge in [0.1, 0.15) is 5.75 Å². The number of nitrogens with zero attached hydrogens (tertiary/aromatic N) is 1. The van der Waals surface area contributed by atoms with E-state index in [-0.39, 0.29) is 6.09 Å². The third-order valence-corrected chi connectivity index (χ3v) is 2.56. The van der Waals surface area contributed by atoms with E-state index in [0.29, 0.717) is 5.75 Å². The molecule has 80 valence electrons. The number of likely N-dealkylation sites (tertiary alicyclic amines) is 1. The first kappa shape index (κ1) is 10.0. The highest BCUT2D eigenvalue weighted by Gasteiger charge is 2.17. The van der Waals surface area contributed by atoms with Crippen LogP contribution in [0.15, 0.2) is 30.3 Å². The molecule has 1 aliphatic heterocycles. The molecule has 0 N–H and O–H groups in total. The topological polar surface area (TPSA) is 29.5 Å². The van der Waals surface area contributed by atoms with Crippen LogP contribution in [0.3, 0.4) is 0 Å². The van der Waals surface area contributed by atoms with Gasteiger partial charge in [-0.05, 0) is 31.4 Å². The highest BCUT2D eigenvalue weighted by atomic mass is 16.6. The summed E-state index contributed by atoms with van der Waals surface area (Å²) in [6, 6.07) is 9.21. The van der Waals surface area contributed by atoms with Gasteiger partial charge in [-0.15, -0.1) is 0 Å². The predicted octanol–water partition coefficient (Wildman–Crippen LogP) is 2.67. The molecule has 3 nitrogen and oxygen atoms in total. The summed E-state index contributed by atoms with van der Waals surface area (Å²) in [5, 5.41) is 0. The number of hydrogen-bond donors (Lipinski definition) is 0. The normalized spacial score (nSPS) is 16.1. The second-order valence-electron chi connectivity index (χ2n) is 3.73. The lowest BCUT2D eigenvalue weighted by molar-refractivity contribution is 0.142. The summed E-state index contributed by atoms with van der Waals surface area (Å²) < 4.78 is 5.24. The van der Waals surface area contributed by atoms with Crippen molar-refractivity contribution in [1.29, 1.82) is 0 Å². The van der Waals surface area contributed by atoms with Crippen LogP contribution in [0.5, 0.6) is 5.75 Å². The zero-order chi connectivity index (χ0) is 10.5. The molecule has 0 aromatic heterocycles. The average molecular weight is 205 g/mol. The molecule has 0 atom stereocenters. The molecule has 3 heteroatoms. The van der Waals surface area contributed by atoms with Crippen LogP contribution in [0.2, 0.25) is 0 Å². The smallest absolute Gasteiger partial charge is 0.410 e. The van der Waals surface area contributed by atoms with Crippen LogP contribution in [-0.4, -0.2) is 24.1 Å². The lowest BCUT2D eigenvalue weighted by atomic mass is 10.1. The summed E-state index contributed by atoms with van der Waals surface area (Å²) in [7, 11) is 0. The third-order valence-electron chi connectivity index (χ3n) is 2.56. The van der Waals surface area contributed by atoms with Gasteiger partial charge in [-0.1, -0.05) is 18.2 Å². The Morgan fingerprint density at radius 2 is 1.73 bits per heavy atom. The minimum Gasteiger partial charge on any atom is -0.410 e. The number of hydrogen-bond acceptors (Lipinski definition) is 2. The van der Waals surface area contributed by atoms with Crippen molar-refractivity contribution in [2.24, 2.45) is 0 Å². The summed E-state index contributed by atoms with van der Waals surface area (Å²) in [5.74, 6) is 0.619. The molecule has 0 unspecified atom stereocenters. The van der Waals surface area contributed by atoms with E-state index >= 15 is 0 Å². The molecule has 1 fully saturated rings. The highest BCUT2D eigenvalue weighted by molar-refractivity contribution is 5.70. The second kappa shape index (κ2) is 4.82. The van der Waals surface area contributed by atoms with E-state index in [1.165, 1.54) is 6.42 Å². The third kappa shape index (κ3) is 2.72. The fraction of sp³-hybridized carbons (Fsp3) is 0.417. The molecule has 2 rings (SSSR count). The van der Waals surface area contributed by atoms with Crippen LogP contribution in [0, 0.1) is 0 Å². The molecular formula is C12H15NO2. The number of carbonyl (C=O) groups excluding carboxylic acids is 1. The Labute approximate surface area is 89.7 Å². The van der Waals surface area contributed by atoms with E-state index in [1.54, 1.807) is 17.0 Å². The van der Waals surface area contributed by atoms with E-state index in [4.69, 9.17) is 4.74 Å². The van der Waals surface area contributed by atoms with E-state index in [1.807, 2.05) is 18.2 Å². The quantitative estimate of drug-likeness (QED) is 0.705. The Bertz CT molecular complexity index is 318. The summed E-state index contributed by atoms with van der Waals surface area (Å²) in [6.07, 6.45) is 3.17. The van der Waals surface area contributed by atoms with Gasteiger partial charge in [-0.2, -0.15) is 0 Å². The molecule has 1 amide bonds. The van der Waals surface area contributed by atoms with Gasteiger partial charge in [0.15, 0.2) is 0 Å². The van der Waals surface area contributed by atoms with Crippen molar-refractivity contribution in [3.05, 3.63) is 30.3 Å². The molecule has 0 bridgehead atoms. The molecular weight excluding hydrogens is 190 g/mol. The predicted molar refractivity (Wildman–Crippen MR) is 57.9 cm³/mol. The van der Waals surface area contributed by atoms with Gasteiger partial charge >= 0.3 is 6.09 Å². The van der Waals surface area contributed by atoms with Gasteiger partial charge in [0.25, 0.3) is 0 Å². The van der Waals surface area contributed by atoms with Crippen molar-refractivity contribution in [2.45, 2.75) is 19.3 Å². The van der Waals surface area contributed by atoms with E-state index in [9.17, 15) is 4.79 Å². The fourth-order valence-electron chi connectivity index (χ4n) is 1.73. The Hall–Kier alpha value is -1.51. The van der Waals surface area contributed by atoms with E-state index in [2.05, 4.69) is 0 Å². The summed E-state index contributed by atoms with van der Waals surface area (Å²) in [6.45, 7) is 1.65. The second-order valence-corrected chi connectivity index (χ2v) is 3.73. The average Bonchev–Trinajstić information content (AvgIpc) is 2.31. The molecule has 1 aromatic rings. The number of piperidine rings is 1. The van der Waals surface area contributed by atoms with Crippen molar-refractivity contribution >= 4 is 6.09 Å². The zero-order valence-corrected chi connectivity index (χ0v) is 8.69. The standard InChI is InChI=1S/C12H15NO2/c14-12(13-9-5-2-6-10-13)15-11-7-3-1-4-8-11/h1,3-4,7-8H,2,5-6,9-10H2.